The van der Waals surface area contributed by atoms with Crippen LogP contribution in [-0.2, 0) is 4.79 Å². The Kier molecular flexibility index (Phi) is 3.13. The molecule has 1 heterocycles. The summed E-state index contributed by atoms with van der Waals surface area (Å²) in [5.74, 6) is -0.299. The van der Waals surface area contributed by atoms with Gasteiger partial charge in [-0.3, -0.25) is 15.0 Å². The Morgan fingerprint density at radius 3 is 2.47 bits per heavy atom. The van der Waals surface area contributed by atoms with Gasteiger partial charge in [-0.25, -0.2) is 0 Å². The number of nitrogens with one attached hydrogen (secondary N) is 1. The number of carboxylic acids is 1. The van der Waals surface area contributed by atoms with Gasteiger partial charge in [-0.1, -0.05) is 0 Å². The number of nitrogens with zero attached hydrogens (tertiary/aromatic N) is 1. The van der Waals surface area contributed by atoms with Crippen LogP contribution in [0.4, 0.5) is 0 Å². The maximum Gasteiger partial charge on any atom is 0.325 e. The number of carboxylic acid groups (broad SMARTS) is 1. The van der Waals surface area contributed by atoms with E-state index in [1.165, 1.54) is 12.8 Å². The lowest BCUT2D eigenvalue weighted by atomic mass is 9.90. The quantitative estimate of drug-likeness (QED) is 0.770. The molecule has 1 aliphatic heterocycles. The van der Waals surface area contributed by atoms with E-state index in [-0.39, 0.29) is 5.54 Å². The van der Waals surface area contributed by atoms with Crippen molar-refractivity contribution in [3.8, 4) is 0 Å². The Hall–Kier alpha value is -0.610. The van der Waals surface area contributed by atoms with Gasteiger partial charge >= 0.3 is 5.97 Å². The van der Waals surface area contributed by atoms with Crippen molar-refractivity contribution >= 4 is 5.97 Å². The maximum absolute atomic E-state index is 12.0. The standard InChI is InChI=1S/C15H26N2O2/c1-14(2)8-3-9-17(14)10-15(13(18)19,11-4-5-11)16-12-6-7-12/h11-12,16H,3-10H2,1-2H3,(H,18,19). The van der Waals surface area contributed by atoms with E-state index < -0.39 is 11.5 Å². The minimum absolute atomic E-state index is 0.154. The fourth-order valence-corrected chi connectivity index (χ4v) is 3.52. The second kappa shape index (κ2) is 4.45. The normalized spacial score (nSPS) is 30.2. The van der Waals surface area contributed by atoms with Gasteiger partial charge in [0, 0.05) is 18.1 Å². The van der Waals surface area contributed by atoms with Gasteiger partial charge in [0.15, 0.2) is 0 Å². The zero-order valence-electron chi connectivity index (χ0n) is 12.1. The van der Waals surface area contributed by atoms with E-state index in [1.54, 1.807) is 0 Å². The van der Waals surface area contributed by atoms with Gasteiger partial charge in [-0.2, -0.15) is 0 Å². The highest BCUT2D eigenvalue weighted by Gasteiger charge is 2.55. The molecule has 0 bridgehead atoms. The highest BCUT2D eigenvalue weighted by atomic mass is 16.4. The van der Waals surface area contributed by atoms with Gasteiger partial charge in [-0.05, 0) is 64.8 Å². The van der Waals surface area contributed by atoms with E-state index in [1.807, 2.05) is 0 Å². The Balaban J connectivity index is 1.79. The van der Waals surface area contributed by atoms with Gasteiger partial charge in [0.1, 0.15) is 5.54 Å². The summed E-state index contributed by atoms with van der Waals surface area (Å²) in [6.45, 7) is 6.21. The molecule has 2 saturated carbocycles. The summed E-state index contributed by atoms with van der Waals surface area (Å²) in [6.07, 6.45) is 6.80. The molecule has 1 saturated heterocycles. The number of carbonyl (C=O) groups is 1. The Morgan fingerprint density at radius 2 is 2.05 bits per heavy atom. The van der Waals surface area contributed by atoms with Gasteiger partial charge in [0.2, 0.25) is 0 Å². The van der Waals surface area contributed by atoms with Crippen molar-refractivity contribution in [1.29, 1.82) is 0 Å². The predicted molar refractivity (Wildman–Crippen MR) is 74.1 cm³/mol. The molecule has 0 spiro atoms. The van der Waals surface area contributed by atoms with Crippen LogP contribution in [0.3, 0.4) is 0 Å². The van der Waals surface area contributed by atoms with Crippen LogP contribution in [0.5, 0.6) is 0 Å². The van der Waals surface area contributed by atoms with Gasteiger partial charge < -0.3 is 5.11 Å². The molecule has 0 aromatic rings. The molecule has 3 fully saturated rings. The number of likely N-dealkylation sites (tertiary alicyclic amines) is 1. The molecule has 0 amide bonds. The molecule has 1 atom stereocenters. The molecule has 3 rings (SSSR count). The lowest BCUT2D eigenvalue weighted by Gasteiger charge is -2.40. The third kappa shape index (κ3) is 2.52. The topological polar surface area (TPSA) is 52.6 Å². The summed E-state index contributed by atoms with van der Waals surface area (Å²) in [4.78, 5) is 14.4. The fraction of sp³-hybridized carbons (Fsp3) is 0.933. The van der Waals surface area contributed by atoms with Crippen molar-refractivity contribution in [2.75, 3.05) is 13.1 Å². The lowest BCUT2D eigenvalue weighted by Crippen LogP contribution is -2.63. The van der Waals surface area contributed by atoms with Gasteiger partial charge in [0.05, 0.1) is 0 Å². The first kappa shape index (κ1) is 13.4. The minimum Gasteiger partial charge on any atom is -0.480 e. The van der Waals surface area contributed by atoms with E-state index in [0.717, 1.165) is 32.2 Å². The van der Waals surface area contributed by atoms with Crippen molar-refractivity contribution < 1.29 is 9.90 Å². The summed E-state index contributed by atoms with van der Waals surface area (Å²) in [7, 11) is 0. The minimum atomic E-state index is -0.692. The molecule has 3 aliphatic rings. The molecule has 2 aliphatic carbocycles. The second-order valence-corrected chi connectivity index (χ2v) is 7.31. The molecular formula is C15H26N2O2. The molecule has 19 heavy (non-hydrogen) atoms. The Labute approximate surface area is 115 Å². The molecule has 1 unspecified atom stereocenters. The molecule has 0 aromatic heterocycles. The smallest absolute Gasteiger partial charge is 0.325 e. The second-order valence-electron chi connectivity index (χ2n) is 7.31. The first-order valence-electron chi connectivity index (χ1n) is 7.70. The van der Waals surface area contributed by atoms with Gasteiger partial charge in [-0.15, -0.1) is 0 Å². The van der Waals surface area contributed by atoms with Crippen molar-refractivity contribution in [2.24, 2.45) is 5.92 Å². The Bertz CT molecular complexity index is 374. The molecule has 4 nitrogen and oxygen atoms in total. The monoisotopic (exact) mass is 266 g/mol. The van der Waals surface area contributed by atoms with Crippen LogP contribution in [0.25, 0.3) is 0 Å². The molecule has 2 N–H and O–H groups in total. The lowest BCUT2D eigenvalue weighted by molar-refractivity contribution is -0.147. The van der Waals surface area contributed by atoms with Crippen molar-refractivity contribution in [2.45, 2.75) is 69.5 Å². The van der Waals surface area contributed by atoms with Crippen LogP contribution >= 0.6 is 0 Å². The van der Waals surface area contributed by atoms with Crippen LogP contribution in [0.1, 0.15) is 52.4 Å². The van der Waals surface area contributed by atoms with Crippen LogP contribution in [0, 0.1) is 5.92 Å². The SMILES string of the molecule is CC1(C)CCCN1CC(NC1CC1)(C(=O)O)C1CC1. The maximum atomic E-state index is 12.0. The third-order valence-electron chi connectivity index (χ3n) is 5.21. The van der Waals surface area contributed by atoms with E-state index >= 15 is 0 Å². The average Bonchev–Trinajstić information content (AvgIpc) is 3.20. The van der Waals surface area contributed by atoms with Crippen molar-refractivity contribution in [1.82, 2.24) is 10.2 Å². The van der Waals surface area contributed by atoms with Crippen LogP contribution < -0.4 is 5.32 Å². The average molecular weight is 266 g/mol. The molecule has 0 radical (unpaired) electrons. The molecule has 4 heteroatoms. The van der Waals surface area contributed by atoms with E-state index in [9.17, 15) is 9.90 Å². The van der Waals surface area contributed by atoms with Crippen LogP contribution in [0.15, 0.2) is 0 Å². The summed E-state index contributed by atoms with van der Waals surface area (Å²) < 4.78 is 0. The summed E-state index contributed by atoms with van der Waals surface area (Å²) in [5, 5.41) is 13.3. The van der Waals surface area contributed by atoms with Gasteiger partial charge in [0.25, 0.3) is 0 Å². The largest absolute Gasteiger partial charge is 0.480 e. The van der Waals surface area contributed by atoms with Crippen molar-refractivity contribution in [3.05, 3.63) is 0 Å². The van der Waals surface area contributed by atoms with E-state index in [2.05, 4.69) is 24.1 Å². The zero-order valence-corrected chi connectivity index (χ0v) is 12.1. The molecule has 108 valence electrons. The predicted octanol–water partition coefficient (Wildman–Crippen LogP) is 1.85. The number of hydrogen-bond acceptors (Lipinski definition) is 3. The third-order valence-corrected chi connectivity index (χ3v) is 5.21. The van der Waals surface area contributed by atoms with E-state index in [4.69, 9.17) is 0 Å². The summed E-state index contributed by atoms with van der Waals surface area (Å²) in [5.41, 5.74) is -0.538. The van der Waals surface area contributed by atoms with Crippen LogP contribution in [-0.4, -0.2) is 46.2 Å². The zero-order chi connectivity index (χ0) is 13.7. The summed E-state index contributed by atoms with van der Waals surface area (Å²) >= 11 is 0. The molecule has 0 aromatic carbocycles. The van der Waals surface area contributed by atoms with E-state index in [0.29, 0.717) is 18.5 Å². The fourth-order valence-electron chi connectivity index (χ4n) is 3.52. The van der Waals surface area contributed by atoms with Crippen molar-refractivity contribution in [3.63, 3.8) is 0 Å². The first-order chi connectivity index (χ1) is 8.94. The summed E-state index contributed by atoms with van der Waals surface area (Å²) in [6, 6.07) is 0.447. The highest BCUT2D eigenvalue weighted by Crippen LogP contribution is 2.44. The highest BCUT2D eigenvalue weighted by molar-refractivity contribution is 5.80. The van der Waals surface area contributed by atoms with Crippen LogP contribution in [0.2, 0.25) is 0 Å². The Morgan fingerprint density at radius 1 is 1.37 bits per heavy atom. The number of aliphatic carboxylic acids is 1. The number of rotatable bonds is 6. The first-order valence-corrected chi connectivity index (χ1v) is 7.70. The molecular weight excluding hydrogens is 240 g/mol. The number of hydrogen-bond donors (Lipinski definition) is 2.